The summed E-state index contributed by atoms with van der Waals surface area (Å²) < 4.78 is 6.80. The van der Waals surface area contributed by atoms with E-state index in [-0.39, 0.29) is 5.54 Å². The smallest absolute Gasteiger partial charge is 0.222 e. The van der Waals surface area contributed by atoms with Gasteiger partial charge in [0, 0.05) is 16.4 Å². The van der Waals surface area contributed by atoms with Crippen LogP contribution in [0.4, 0.5) is 0 Å². The van der Waals surface area contributed by atoms with E-state index in [1.807, 2.05) is 31.4 Å². The maximum atomic E-state index is 5.85. The molecule has 0 aliphatic heterocycles. The molecule has 2 aromatic heterocycles. The summed E-state index contributed by atoms with van der Waals surface area (Å²) in [6.45, 7) is 4.33. The average molecular weight is 222 g/mol. The second kappa shape index (κ2) is 3.79. The summed E-state index contributed by atoms with van der Waals surface area (Å²) in [6.07, 6.45) is 1.76. The van der Waals surface area contributed by atoms with Gasteiger partial charge in [-0.25, -0.2) is 4.98 Å². The van der Waals surface area contributed by atoms with Crippen molar-refractivity contribution < 1.29 is 4.74 Å². The van der Waals surface area contributed by atoms with E-state index in [0.717, 1.165) is 5.39 Å². The largest absolute Gasteiger partial charge is 0.475 e. The molecule has 15 heavy (non-hydrogen) atoms. The van der Waals surface area contributed by atoms with Gasteiger partial charge in [-0.15, -0.1) is 11.3 Å². The lowest BCUT2D eigenvalue weighted by Gasteiger charge is -2.18. The zero-order valence-corrected chi connectivity index (χ0v) is 9.67. The van der Waals surface area contributed by atoms with Crippen LogP contribution in [-0.4, -0.2) is 17.1 Å². The first-order valence-corrected chi connectivity index (χ1v) is 5.68. The number of ether oxygens (including phenoxy) is 1. The first-order chi connectivity index (χ1) is 7.06. The second-order valence-corrected chi connectivity index (χ2v) is 5.17. The number of thiophene rings is 1. The molecule has 0 aliphatic carbocycles. The number of rotatable bonds is 3. The van der Waals surface area contributed by atoms with Gasteiger partial charge in [-0.2, -0.15) is 0 Å². The lowest BCUT2D eigenvalue weighted by Crippen LogP contribution is -2.38. The Morgan fingerprint density at radius 2 is 2.27 bits per heavy atom. The molecule has 0 bridgehead atoms. The van der Waals surface area contributed by atoms with Gasteiger partial charge >= 0.3 is 0 Å². The van der Waals surface area contributed by atoms with Crippen molar-refractivity contribution in [2.75, 3.05) is 6.61 Å². The van der Waals surface area contributed by atoms with E-state index in [1.54, 1.807) is 17.5 Å². The van der Waals surface area contributed by atoms with Crippen LogP contribution in [0.2, 0.25) is 0 Å². The maximum Gasteiger partial charge on any atom is 0.222 e. The zero-order valence-electron chi connectivity index (χ0n) is 8.86. The molecule has 2 N–H and O–H groups in total. The van der Waals surface area contributed by atoms with E-state index in [0.29, 0.717) is 12.5 Å². The summed E-state index contributed by atoms with van der Waals surface area (Å²) >= 11 is 1.68. The number of fused-ring (bicyclic) bond motifs is 1. The second-order valence-electron chi connectivity index (χ2n) is 4.23. The Morgan fingerprint density at radius 1 is 1.47 bits per heavy atom. The zero-order chi connectivity index (χ0) is 10.9. The van der Waals surface area contributed by atoms with Gasteiger partial charge in [0.05, 0.1) is 5.39 Å². The number of aromatic nitrogens is 1. The number of hydrogen-bond acceptors (Lipinski definition) is 4. The van der Waals surface area contributed by atoms with Crippen molar-refractivity contribution in [2.45, 2.75) is 19.4 Å². The topological polar surface area (TPSA) is 48.1 Å². The molecular weight excluding hydrogens is 208 g/mol. The quantitative estimate of drug-likeness (QED) is 0.867. The highest BCUT2D eigenvalue weighted by Gasteiger charge is 2.13. The summed E-state index contributed by atoms with van der Waals surface area (Å²) in [5.74, 6) is 0.673. The first kappa shape index (κ1) is 10.4. The van der Waals surface area contributed by atoms with Crippen LogP contribution in [0.15, 0.2) is 23.7 Å². The SMILES string of the molecule is CC(C)(N)COc1nccc2sccc12. The molecule has 0 unspecified atom stereocenters. The molecule has 2 rings (SSSR count). The predicted octanol–water partition coefficient (Wildman–Crippen LogP) is 2.41. The Morgan fingerprint density at radius 3 is 3.00 bits per heavy atom. The molecule has 0 saturated heterocycles. The van der Waals surface area contributed by atoms with Crippen LogP contribution in [0.3, 0.4) is 0 Å². The molecule has 0 spiro atoms. The van der Waals surface area contributed by atoms with E-state index in [4.69, 9.17) is 10.5 Å². The van der Waals surface area contributed by atoms with Gasteiger partial charge in [-0.3, -0.25) is 0 Å². The fourth-order valence-electron chi connectivity index (χ4n) is 1.24. The summed E-state index contributed by atoms with van der Waals surface area (Å²) in [7, 11) is 0. The van der Waals surface area contributed by atoms with Crippen molar-refractivity contribution in [3.63, 3.8) is 0 Å². The highest BCUT2D eigenvalue weighted by molar-refractivity contribution is 7.17. The van der Waals surface area contributed by atoms with E-state index in [9.17, 15) is 0 Å². The minimum Gasteiger partial charge on any atom is -0.475 e. The molecule has 3 nitrogen and oxygen atoms in total. The van der Waals surface area contributed by atoms with E-state index in [2.05, 4.69) is 4.98 Å². The summed E-state index contributed by atoms with van der Waals surface area (Å²) in [5, 5.41) is 3.10. The Balaban J connectivity index is 2.24. The minimum atomic E-state index is -0.333. The number of nitrogens with zero attached hydrogens (tertiary/aromatic N) is 1. The van der Waals surface area contributed by atoms with Gasteiger partial charge in [0.1, 0.15) is 6.61 Å². The molecule has 0 amide bonds. The highest BCUT2D eigenvalue weighted by Crippen LogP contribution is 2.27. The molecule has 0 aromatic carbocycles. The van der Waals surface area contributed by atoms with Crippen LogP contribution in [0, 0.1) is 0 Å². The lowest BCUT2D eigenvalue weighted by atomic mass is 10.1. The average Bonchev–Trinajstić information content (AvgIpc) is 2.61. The van der Waals surface area contributed by atoms with Crippen molar-refractivity contribution in [3.8, 4) is 5.88 Å². The monoisotopic (exact) mass is 222 g/mol. The molecule has 0 radical (unpaired) electrons. The van der Waals surface area contributed by atoms with Crippen LogP contribution in [-0.2, 0) is 0 Å². The fourth-order valence-corrected chi connectivity index (χ4v) is 2.01. The summed E-state index contributed by atoms with van der Waals surface area (Å²) in [6, 6.07) is 4.01. The Labute approximate surface area is 92.9 Å². The van der Waals surface area contributed by atoms with Gasteiger partial charge in [0.25, 0.3) is 0 Å². The number of hydrogen-bond donors (Lipinski definition) is 1. The van der Waals surface area contributed by atoms with E-state index < -0.39 is 0 Å². The minimum absolute atomic E-state index is 0.333. The molecule has 2 heterocycles. The van der Waals surface area contributed by atoms with Crippen LogP contribution < -0.4 is 10.5 Å². The van der Waals surface area contributed by atoms with E-state index >= 15 is 0 Å². The van der Waals surface area contributed by atoms with Crippen molar-refractivity contribution in [1.82, 2.24) is 4.98 Å². The van der Waals surface area contributed by atoms with Gasteiger partial charge < -0.3 is 10.5 Å². The molecular formula is C11H14N2OS. The number of nitrogens with two attached hydrogens (primary N) is 1. The van der Waals surface area contributed by atoms with Crippen molar-refractivity contribution in [3.05, 3.63) is 23.7 Å². The predicted molar refractivity (Wildman–Crippen MR) is 63.4 cm³/mol. The molecule has 2 aromatic rings. The molecule has 4 heteroatoms. The fraction of sp³-hybridized carbons (Fsp3) is 0.364. The van der Waals surface area contributed by atoms with Crippen LogP contribution >= 0.6 is 11.3 Å². The van der Waals surface area contributed by atoms with Gasteiger partial charge in [-0.05, 0) is 31.4 Å². The van der Waals surface area contributed by atoms with Gasteiger partial charge in [0.2, 0.25) is 5.88 Å². The standard InChI is InChI=1S/C11H14N2OS/c1-11(2,12)7-14-10-8-4-6-15-9(8)3-5-13-10/h3-6H,7,12H2,1-2H3. The first-order valence-electron chi connectivity index (χ1n) is 4.80. The maximum absolute atomic E-state index is 5.85. The number of pyridine rings is 1. The van der Waals surface area contributed by atoms with Crippen LogP contribution in [0.1, 0.15) is 13.8 Å². The molecule has 80 valence electrons. The van der Waals surface area contributed by atoms with Gasteiger partial charge in [0.15, 0.2) is 0 Å². The molecule has 0 fully saturated rings. The molecule has 0 aliphatic rings. The third-order valence-electron chi connectivity index (χ3n) is 1.92. The lowest BCUT2D eigenvalue weighted by molar-refractivity contribution is 0.238. The van der Waals surface area contributed by atoms with Crippen molar-refractivity contribution >= 4 is 21.4 Å². The third-order valence-corrected chi connectivity index (χ3v) is 2.81. The Bertz CT molecular complexity index is 459. The van der Waals surface area contributed by atoms with E-state index in [1.165, 1.54) is 4.70 Å². The Kier molecular flexibility index (Phi) is 2.63. The van der Waals surface area contributed by atoms with Crippen molar-refractivity contribution in [2.24, 2.45) is 5.73 Å². The molecule has 0 saturated carbocycles. The highest BCUT2D eigenvalue weighted by atomic mass is 32.1. The van der Waals surface area contributed by atoms with Crippen LogP contribution in [0.25, 0.3) is 10.1 Å². The Hall–Kier alpha value is -1.13. The third kappa shape index (κ3) is 2.46. The molecule has 0 atom stereocenters. The summed E-state index contributed by atoms with van der Waals surface area (Å²) in [5.41, 5.74) is 5.52. The normalized spacial score (nSPS) is 11.9. The van der Waals surface area contributed by atoms with Gasteiger partial charge in [-0.1, -0.05) is 0 Å². The summed E-state index contributed by atoms with van der Waals surface area (Å²) in [4.78, 5) is 4.21. The van der Waals surface area contributed by atoms with Crippen molar-refractivity contribution in [1.29, 1.82) is 0 Å². The van der Waals surface area contributed by atoms with Crippen LogP contribution in [0.5, 0.6) is 5.88 Å².